The Balaban J connectivity index is 2.73. The van der Waals surface area contributed by atoms with Crippen LogP contribution in [-0.2, 0) is 0 Å². The molecule has 0 heterocycles. The van der Waals surface area contributed by atoms with E-state index >= 15 is 0 Å². The maximum atomic E-state index is 13.5. The topological polar surface area (TPSA) is 32.3 Å². The normalized spacial score (nSPS) is 13.6. The van der Waals surface area contributed by atoms with Gasteiger partial charge in [0.15, 0.2) is 0 Å². The van der Waals surface area contributed by atoms with Gasteiger partial charge < -0.3 is 10.4 Å². The molecule has 1 atom stereocenters. The summed E-state index contributed by atoms with van der Waals surface area (Å²) < 4.78 is 26.7. The second kappa shape index (κ2) is 5.00. The molecule has 0 radical (unpaired) electrons. The molecule has 0 spiro atoms. The maximum Gasteiger partial charge on any atom is 0.146 e. The summed E-state index contributed by atoms with van der Waals surface area (Å²) in [6, 6.07) is 2.25. The molecule has 0 aliphatic carbocycles. The van der Waals surface area contributed by atoms with Gasteiger partial charge in [-0.25, -0.2) is 8.78 Å². The molecule has 0 fully saturated rings. The van der Waals surface area contributed by atoms with E-state index in [4.69, 9.17) is 0 Å². The molecule has 0 saturated carbocycles. The van der Waals surface area contributed by atoms with Gasteiger partial charge in [-0.2, -0.15) is 0 Å². The predicted octanol–water partition coefficient (Wildman–Crippen LogP) is 3.09. The van der Waals surface area contributed by atoms with E-state index in [-0.39, 0.29) is 23.2 Å². The van der Waals surface area contributed by atoms with Crippen LogP contribution in [0.5, 0.6) is 0 Å². The van der Waals surface area contributed by atoms with Crippen molar-refractivity contribution in [1.29, 1.82) is 0 Å². The van der Waals surface area contributed by atoms with Crippen molar-refractivity contribution in [3.8, 4) is 0 Å². The van der Waals surface area contributed by atoms with Crippen LogP contribution in [0.25, 0.3) is 0 Å². The molecule has 4 heteroatoms. The highest BCUT2D eigenvalue weighted by molar-refractivity contribution is 5.47. The average molecular weight is 243 g/mol. The second-order valence-electron chi connectivity index (χ2n) is 5.34. The third kappa shape index (κ3) is 3.66. The van der Waals surface area contributed by atoms with E-state index in [0.29, 0.717) is 0 Å². The molecule has 0 saturated heterocycles. The van der Waals surface area contributed by atoms with E-state index in [0.717, 1.165) is 12.1 Å². The molecule has 0 bridgehead atoms. The van der Waals surface area contributed by atoms with Crippen LogP contribution < -0.4 is 5.32 Å². The first-order valence-corrected chi connectivity index (χ1v) is 5.59. The first kappa shape index (κ1) is 13.9. The number of hydrogen-bond acceptors (Lipinski definition) is 2. The van der Waals surface area contributed by atoms with E-state index in [2.05, 4.69) is 5.32 Å². The molecule has 2 nitrogen and oxygen atoms in total. The zero-order valence-corrected chi connectivity index (χ0v) is 10.6. The quantitative estimate of drug-likeness (QED) is 0.855. The molecular formula is C13H19F2NO. The van der Waals surface area contributed by atoms with Gasteiger partial charge in [0.25, 0.3) is 0 Å². The molecule has 0 amide bonds. The molecule has 1 aromatic carbocycles. The summed E-state index contributed by atoms with van der Waals surface area (Å²) >= 11 is 0. The molecule has 0 aromatic heterocycles. The summed E-state index contributed by atoms with van der Waals surface area (Å²) in [5.74, 6) is -0.968. The lowest BCUT2D eigenvalue weighted by Gasteiger charge is -2.26. The smallest absolute Gasteiger partial charge is 0.146 e. The minimum Gasteiger partial charge on any atom is -0.391 e. The zero-order chi connectivity index (χ0) is 13.2. The van der Waals surface area contributed by atoms with Crippen LogP contribution in [0.2, 0.25) is 0 Å². The molecule has 1 rings (SSSR count). The van der Waals surface area contributed by atoms with Crippen molar-refractivity contribution in [2.45, 2.75) is 33.8 Å². The number of aryl methyl sites for hydroxylation is 1. The van der Waals surface area contributed by atoms with Crippen LogP contribution in [-0.4, -0.2) is 17.8 Å². The van der Waals surface area contributed by atoms with Crippen LogP contribution >= 0.6 is 0 Å². The van der Waals surface area contributed by atoms with Gasteiger partial charge in [0.2, 0.25) is 0 Å². The molecule has 0 aliphatic heterocycles. The van der Waals surface area contributed by atoms with Gasteiger partial charge >= 0.3 is 0 Å². The summed E-state index contributed by atoms with van der Waals surface area (Å²) in [7, 11) is 0. The summed E-state index contributed by atoms with van der Waals surface area (Å²) in [6.45, 7) is 7.33. The highest BCUT2D eigenvalue weighted by atomic mass is 19.1. The number of rotatable bonds is 3. The summed E-state index contributed by atoms with van der Waals surface area (Å²) in [5, 5.41) is 12.5. The Labute approximate surface area is 101 Å². The molecule has 96 valence electrons. The van der Waals surface area contributed by atoms with E-state index in [1.54, 1.807) is 0 Å². The van der Waals surface area contributed by atoms with Crippen molar-refractivity contribution in [2.75, 3.05) is 11.9 Å². The molecule has 2 N–H and O–H groups in total. The number of aliphatic hydroxyl groups is 1. The Kier molecular flexibility index (Phi) is 4.09. The highest BCUT2D eigenvalue weighted by Crippen LogP contribution is 2.22. The summed E-state index contributed by atoms with van der Waals surface area (Å²) in [4.78, 5) is 0. The molecule has 1 aromatic rings. The lowest BCUT2D eigenvalue weighted by Crippen LogP contribution is -2.33. The van der Waals surface area contributed by atoms with Crippen molar-refractivity contribution in [3.63, 3.8) is 0 Å². The van der Waals surface area contributed by atoms with E-state index in [9.17, 15) is 13.9 Å². The Morgan fingerprint density at radius 2 is 1.82 bits per heavy atom. The van der Waals surface area contributed by atoms with Gasteiger partial charge in [0.1, 0.15) is 11.6 Å². The zero-order valence-electron chi connectivity index (χ0n) is 10.6. The van der Waals surface area contributed by atoms with E-state index in [1.807, 2.05) is 20.8 Å². The van der Waals surface area contributed by atoms with Crippen LogP contribution in [0.1, 0.15) is 26.3 Å². The number of aliphatic hydroxyl groups excluding tert-OH is 1. The van der Waals surface area contributed by atoms with Crippen LogP contribution in [0.3, 0.4) is 0 Å². The Morgan fingerprint density at radius 1 is 1.24 bits per heavy atom. The largest absolute Gasteiger partial charge is 0.391 e. The van der Waals surface area contributed by atoms with Crippen molar-refractivity contribution < 1.29 is 13.9 Å². The minimum absolute atomic E-state index is 0.0800. The lowest BCUT2D eigenvalue weighted by molar-refractivity contribution is 0.0745. The number of anilines is 1. The third-order valence-corrected chi connectivity index (χ3v) is 2.73. The monoisotopic (exact) mass is 243 g/mol. The van der Waals surface area contributed by atoms with Crippen LogP contribution in [0, 0.1) is 24.0 Å². The fourth-order valence-corrected chi connectivity index (χ4v) is 1.29. The molecule has 17 heavy (non-hydrogen) atoms. The van der Waals surface area contributed by atoms with Crippen molar-refractivity contribution in [1.82, 2.24) is 0 Å². The fraction of sp³-hybridized carbons (Fsp3) is 0.538. The Hall–Kier alpha value is -1.16. The maximum absolute atomic E-state index is 13.5. The van der Waals surface area contributed by atoms with Gasteiger partial charge in [-0.3, -0.25) is 0 Å². The van der Waals surface area contributed by atoms with Crippen LogP contribution in [0.15, 0.2) is 12.1 Å². The second-order valence-corrected chi connectivity index (χ2v) is 5.34. The first-order chi connectivity index (χ1) is 7.71. The number of benzene rings is 1. The lowest BCUT2D eigenvalue weighted by atomic mass is 9.89. The van der Waals surface area contributed by atoms with E-state index < -0.39 is 17.7 Å². The summed E-state index contributed by atoms with van der Waals surface area (Å²) in [6.07, 6.45) is -0.633. The van der Waals surface area contributed by atoms with Gasteiger partial charge in [0.05, 0.1) is 11.8 Å². The summed E-state index contributed by atoms with van der Waals surface area (Å²) in [5.41, 5.74) is 0.0491. The fourth-order valence-electron chi connectivity index (χ4n) is 1.29. The number of hydrogen-bond donors (Lipinski definition) is 2. The Morgan fingerprint density at radius 3 is 2.35 bits per heavy atom. The molecular weight excluding hydrogens is 224 g/mol. The number of halogens is 2. The minimum atomic E-state index is -0.633. The van der Waals surface area contributed by atoms with Gasteiger partial charge in [-0.1, -0.05) is 20.8 Å². The predicted molar refractivity (Wildman–Crippen MR) is 65.0 cm³/mol. The number of nitrogens with one attached hydrogen (secondary N) is 1. The molecule has 0 aliphatic rings. The standard InChI is InChI=1S/C13H19F2NO/c1-8-5-10(15)11(6-9(8)14)16-7-12(17)13(2,3)4/h5-6,12,16-17H,7H2,1-4H3. The Bertz CT molecular complexity index is 399. The van der Waals surface area contributed by atoms with Gasteiger partial charge in [-0.15, -0.1) is 0 Å². The van der Waals surface area contributed by atoms with Gasteiger partial charge in [0, 0.05) is 12.6 Å². The first-order valence-electron chi connectivity index (χ1n) is 5.59. The third-order valence-electron chi connectivity index (χ3n) is 2.73. The SMILES string of the molecule is Cc1cc(F)c(NCC(O)C(C)(C)C)cc1F. The highest BCUT2D eigenvalue weighted by Gasteiger charge is 2.22. The van der Waals surface area contributed by atoms with Crippen molar-refractivity contribution >= 4 is 5.69 Å². The molecule has 1 unspecified atom stereocenters. The van der Waals surface area contributed by atoms with Crippen molar-refractivity contribution in [2.24, 2.45) is 5.41 Å². The van der Waals surface area contributed by atoms with E-state index in [1.165, 1.54) is 6.92 Å². The van der Waals surface area contributed by atoms with Gasteiger partial charge in [-0.05, 0) is 24.0 Å². The van der Waals surface area contributed by atoms with Crippen LogP contribution in [0.4, 0.5) is 14.5 Å². The average Bonchev–Trinajstić information content (AvgIpc) is 2.19. The van der Waals surface area contributed by atoms with Crippen molar-refractivity contribution in [3.05, 3.63) is 29.3 Å².